The lowest BCUT2D eigenvalue weighted by Gasteiger charge is -2.31. The summed E-state index contributed by atoms with van der Waals surface area (Å²) in [7, 11) is 0. The largest absolute Gasteiger partial charge is 0.508 e. The lowest BCUT2D eigenvalue weighted by Crippen LogP contribution is -2.30. The van der Waals surface area contributed by atoms with Crippen molar-refractivity contribution in [1.82, 2.24) is 9.47 Å². The van der Waals surface area contributed by atoms with Gasteiger partial charge in [0, 0.05) is 42.7 Å². The van der Waals surface area contributed by atoms with E-state index in [0.717, 1.165) is 36.8 Å². The molecule has 0 bridgehead atoms. The van der Waals surface area contributed by atoms with Gasteiger partial charge in [-0.1, -0.05) is 18.2 Å². The van der Waals surface area contributed by atoms with Crippen LogP contribution in [0.5, 0.6) is 5.75 Å². The molecule has 3 aromatic rings. The zero-order chi connectivity index (χ0) is 18.1. The summed E-state index contributed by atoms with van der Waals surface area (Å²) in [5.74, 6) is -0.662. The van der Waals surface area contributed by atoms with E-state index in [2.05, 4.69) is 9.47 Å². The summed E-state index contributed by atoms with van der Waals surface area (Å²) in [6.07, 6.45) is 2.87. The first kappa shape index (κ1) is 16.8. The van der Waals surface area contributed by atoms with E-state index in [9.17, 15) is 13.9 Å². The molecule has 4 rings (SSSR count). The summed E-state index contributed by atoms with van der Waals surface area (Å²) in [6, 6.07) is 14.2. The molecule has 0 fully saturated rings. The number of aromatic nitrogens is 1. The van der Waals surface area contributed by atoms with Gasteiger partial charge < -0.3 is 9.67 Å². The zero-order valence-electron chi connectivity index (χ0n) is 14.3. The molecule has 134 valence electrons. The standard InChI is InChI=1S/C21H20F2N2O/c22-16-8-9-18(23)17(13-16)21-19-6-3-10-24(19)11-4-12-25(21)14-15-5-1-2-7-20(15)26/h1-3,5-10,13,21,26H,4,11-12,14H2. The van der Waals surface area contributed by atoms with Gasteiger partial charge in [-0.15, -0.1) is 0 Å². The number of nitrogens with zero attached hydrogens (tertiary/aromatic N) is 2. The summed E-state index contributed by atoms with van der Waals surface area (Å²) < 4.78 is 30.6. The minimum atomic E-state index is -0.453. The van der Waals surface area contributed by atoms with Crippen LogP contribution in [-0.4, -0.2) is 21.1 Å². The van der Waals surface area contributed by atoms with E-state index in [1.807, 2.05) is 30.5 Å². The number of para-hydroxylation sites is 1. The van der Waals surface area contributed by atoms with Crippen molar-refractivity contribution in [3.63, 3.8) is 0 Å². The van der Waals surface area contributed by atoms with Crippen molar-refractivity contribution < 1.29 is 13.9 Å². The van der Waals surface area contributed by atoms with Gasteiger partial charge in [-0.2, -0.15) is 0 Å². The average molecular weight is 354 g/mol. The van der Waals surface area contributed by atoms with Crippen molar-refractivity contribution in [1.29, 1.82) is 0 Å². The van der Waals surface area contributed by atoms with Crippen LogP contribution in [0.25, 0.3) is 0 Å². The fourth-order valence-electron chi connectivity index (χ4n) is 3.75. The van der Waals surface area contributed by atoms with Crippen LogP contribution in [0.4, 0.5) is 8.78 Å². The first-order valence-corrected chi connectivity index (χ1v) is 8.74. The molecule has 5 heteroatoms. The van der Waals surface area contributed by atoms with Crippen LogP contribution in [0.15, 0.2) is 60.8 Å². The Bertz CT molecular complexity index is 922. The molecule has 26 heavy (non-hydrogen) atoms. The number of halogens is 2. The van der Waals surface area contributed by atoms with Gasteiger partial charge in [-0.3, -0.25) is 4.90 Å². The first-order valence-electron chi connectivity index (χ1n) is 8.74. The highest BCUT2D eigenvalue weighted by molar-refractivity contribution is 5.34. The Morgan fingerprint density at radius 3 is 2.69 bits per heavy atom. The number of fused-ring (bicyclic) bond motifs is 1. The second kappa shape index (κ2) is 6.92. The van der Waals surface area contributed by atoms with Gasteiger partial charge >= 0.3 is 0 Å². The van der Waals surface area contributed by atoms with Crippen LogP contribution in [0.2, 0.25) is 0 Å². The smallest absolute Gasteiger partial charge is 0.128 e. The van der Waals surface area contributed by atoms with E-state index in [4.69, 9.17) is 0 Å². The van der Waals surface area contributed by atoms with Crippen LogP contribution in [-0.2, 0) is 13.1 Å². The van der Waals surface area contributed by atoms with Gasteiger partial charge in [0.15, 0.2) is 0 Å². The van der Waals surface area contributed by atoms with E-state index in [0.29, 0.717) is 12.1 Å². The molecule has 2 aromatic carbocycles. The van der Waals surface area contributed by atoms with Gasteiger partial charge in [0.1, 0.15) is 17.4 Å². The molecule has 1 unspecified atom stereocenters. The highest BCUT2D eigenvalue weighted by atomic mass is 19.1. The van der Waals surface area contributed by atoms with E-state index < -0.39 is 17.7 Å². The van der Waals surface area contributed by atoms with Crippen molar-refractivity contribution in [3.8, 4) is 5.75 Å². The zero-order valence-corrected chi connectivity index (χ0v) is 14.3. The SMILES string of the molecule is Oc1ccccc1CN1CCCn2cccc2C1c1cc(F)ccc1F. The number of hydrogen-bond acceptors (Lipinski definition) is 2. The summed E-state index contributed by atoms with van der Waals surface area (Å²) in [4.78, 5) is 2.10. The molecule has 0 radical (unpaired) electrons. The van der Waals surface area contributed by atoms with E-state index in [-0.39, 0.29) is 5.75 Å². The second-order valence-corrected chi connectivity index (χ2v) is 6.65. The Morgan fingerprint density at radius 1 is 1.00 bits per heavy atom. The number of benzene rings is 2. The van der Waals surface area contributed by atoms with Crippen molar-refractivity contribution in [2.45, 2.75) is 25.6 Å². The molecule has 1 aliphatic heterocycles. The summed E-state index contributed by atoms with van der Waals surface area (Å²) in [5, 5.41) is 10.2. The summed E-state index contributed by atoms with van der Waals surface area (Å²) >= 11 is 0. The summed E-state index contributed by atoms with van der Waals surface area (Å²) in [5.41, 5.74) is 2.03. The number of rotatable bonds is 3. The van der Waals surface area contributed by atoms with Crippen molar-refractivity contribution in [2.75, 3.05) is 6.54 Å². The number of phenols is 1. The molecular weight excluding hydrogens is 334 g/mol. The lowest BCUT2D eigenvalue weighted by atomic mass is 10.00. The number of hydrogen-bond donors (Lipinski definition) is 1. The molecular formula is C21H20F2N2O. The van der Waals surface area contributed by atoms with Crippen molar-refractivity contribution >= 4 is 0 Å². The lowest BCUT2D eigenvalue weighted by molar-refractivity contribution is 0.213. The molecule has 0 spiro atoms. The Labute approximate surface area is 151 Å². The maximum absolute atomic E-state index is 14.6. The monoisotopic (exact) mass is 354 g/mol. The van der Waals surface area contributed by atoms with Crippen molar-refractivity contribution in [2.24, 2.45) is 0 Å². The molecule has 1 aliphatic rings. The Morgan fingerprint density at radius 2 is 1.85 bits per heavy atom. The first-order chi connectivity index (χ1) is 12.6. The highest BCUT2D eigenvalue weighted by Crippen LogP contribution is 2.35. The Balaban J connectivity index is 1.81. The predicted molar refractivity (Wildman–Crippen MR) is 95.8 cm³/mol. The fourth-order valence-corrected chi connectivity index (χ4v) is 3.75. The molecule has 3 nitrogen and oxygen atoms in total. The average Bonchev–Trinajstić information content (AvgIpc) is 3.01. The predicted octanol–water partition coefficient (Wildman–Crippen LogP) is 4.47. The normalized spacial score (nSPS) is 17.7. The van der Waals surface area contributed by atoms with Gasteiger partial charge in [0.25, 0.3) is 0 Å². The minimum Gasteiger partial charge on any atom is -0.508 e. The third-order valence-corrected chi connectivity index (χ3v) is 4.97. The molecule has 0 saturated heterocycles. The van der Waals surface area contributed by atoms with E-state index >= 15 is 0 Å². The summed E-state index contributed by atoms with van der Waals surface area (Å²) in [6.45, 7) is 2.00. The van der Waals surface area contributed by atoms with Gasteiger partial charge in [-0.25, -0.2) is 8.78 Å². The van der Waals surface area contributed by atoms with Crippen LogP contribution in [0, 0.1) is 11.6 Å². The number of aryl methyl sites for hydroxylation is 1. The maximum atomic E-state index is 14.6. The number of phenolic OH excluding ortho intramolecular Hbond substituents is 1. The fraction of sp³-hybridized carbons (Fsp3) is 0.238. The molecule has 1 atom stereocenters. The van der Waals surface area contributed by atoms with Crippen LogP contribution in [0.1, 0.15) is 29.3 Å². The van der Waals surface area contributed by atoms with Crippen molar-refractivity contribution in [3.05, 3.63) is 89.2 Å². The minimum absolute atomic E-state index is 0.214. The van der Waals surface area contributed by atoms with Crippen LogP contribution < -0.4 is 0 Å². The second-order valence-electron chi connectivity index (χ2n) is 6.65. The van der Waals surface area contributed by atoms with E-state index in [1.54, 1.807) is 12.1 Å². The Kier molecular flexibility index (Phi) is 4.47. The maximum Gasteiger partial charge on any atom is 0.128 e. The Hall–Kier alpha value is -2.66. The third kappa shape index (κ3) is 3.10. The number of aromatic hydroxyl groups is 1. The van der Waals surface area contributed by atoms with Gasteiger partial charge in [0.2, 0.25) is 0 Å². The molecule has 0 aliphatic carbocycles. The molecule has 0 saturated carbocycles. The van der Waals surface area contributed by atoms with Gasteiger partial charge in [0.05, 0.1) is 6.04 Å². The third-order valence-electron chi connectivity index (χ3n) is 4.97. The highest BCUT2D eigenvalue weighted by Gasteiger charge is 2.30. The van der Waals surface area contributed by atoms with E-state index in [1.165, 1.54) is 12.1 Å². The topological polar surface area (TPSA) is 28.4 Å². The molecule has 2 heterocycles. The molecule has 1 N–H and O–H groups in total. The quantitative estimate of drug-likeness (QED) is 0.752. The molecule has 1 aromatic heterocycles. The van der Waals surface area contributed by atoms with Crippen LogP contribution >= 0.6 is 0 Å². The van der Waals surface area contributed by atoms with Crippen LogP contribution in [0.3, 0.4) is 0 Å². The molecule has 0 amide bonds. The van der Waals surface area contributed by atoms with Gasteiger partial charge in [-0.05, 0) is 42.8 Å².